The van der Waals surface area contributed by atoms with Gasteiger partial charge in [-0.2, -0.15) is 0 Å². The minimum absolute atomic E-state index is 0.0242. The zero-order valence-electron chi connectivity index (χ0n) is 12.4. The lowest BCUT2D eigenvalue weighted by molar-refractivity contribution is -0.135. The molecule has 2 atom stereocenters. The fraction of sp³-hybridized carbons (Fsp3) is 0.562. The van der Waals surface area contributed by atoms with Crippen molar-refractivity contribution in [3.63, 3.8) is 0 Å². The highest BCUT2D eigenvalue weighted by Crippen LogP contribution is 2.24. The fourth-order valence-corrected chi connectivity index (χ4v) is 2.68. The number of likely N-dealkylation sites (tertiary alicyclic amines) is 1. The van der Waals surface area contributed by atoms with Crippen LogP contribution in [0.4, 0.5) is 0 Å². The Morgan fingerprint density at radius 2 is 2.20 bits per heavy atom. The average Bonchev–Trinajstić information content (AvgIpc) is 2.80. The molecule has 1 aliphatic rings. The molecule has 4 heteroatoms. The van der Waals surface area contributed by atoms with Crippen molar-refractivity contribution in [3.05, 3.63) is 29.3 Å². The number of hydrogen-bond acceptors (Lipinski definition) is 3. The maximum absolute atomic E-state index is 12.2. The molecule has 1 saturated heterocycles. The summed E-state index contributed by atoms with van der Waals surface area (Å²) in [5, 5.41) is 9.39. The second kappa shape index (κ2) is 6.27. The van der Waals surface area contributed by atoms with Gasteiger partial charge in [-0.15, -0.1) is 0 Å². The van der Waals surface area contributed by atoms with Gasteiger partial charge in [0.05, 0.1) is 12.6 Å². The standard InChI is InChI=1S/C16H23NO3/c1-11-4-5-13(3)15(8-11)20-10-16(19)17-7-6-12(2)14(17)9-18/h4-5,8,12,14,18H,6-7,9-10H2,1-3H3. The summed E-state index contributed by atoms with van der Waals surface area (Å²) in [6.07, 6.45) is 0.945. The molecule has 1 fully saturated rings. The van der Waals surface area contributed by atoms with Gasteiger partial charge in [-0.3, -0.25) is 4.79 Å². The molecule has 1 heterocycles. The van der Waals surface area contributed by atoms with Gasteiger partial charge in [0.1, 0.15) is 5.75 Å². The van der Waals surface area contributed by atoms with Crippen LogP contribution < -0.4 is 4.74 Å². The highest BCUT2D eigenvalue weighted by Gasteiger charge is 2.33. The van der Waals surface area contributed by atoms with Gasteiger partial charge in [0, 0.05) is 6.54 Å². The fourth-order valence-electron chi connectivity index (χ4n) is 2.68. The summed E-state index contributed by atoms with van der Waals surface area (Å²) < 4.78 is 5.65. The van der Waals surface area contributed by atoms with Crippen molar-refractivity contribution in [2.75, 3.05) is 19.8 Å². The Kier molecular flexibility index (Phi) is 4.65. The Hall–Kier alpha value is -1.55. The van der Waals surface area contributed by atoms with Gasteiger partial charge in [-0.05, 0) is 43.4 Å². The van der Waals surface area contributed by atoms with E-state index in [1.165, 1.54) is 0 Å². The average molecular weight is 277 g/mol. The molecule has 1 amide bonds. The predicted molar refractivity (Wildman–Crippen MR) is 77.8 cm³/mol. The smallest absolute Gasteiger partial charge is 0.260 e. The van der Waals surface area contributed by atoms with Crippen LogP contribution in [0, 0.1) is 19.8 Å². The quantitative estimate of drug-likeness (QED) is 0.914. The maximum atomic E-state index is 12.2. The van der Waals surface area contributed by atoms with E-state index in [9.17, 15) is 9.90 Å². The number of aliphatic hydroxyl groups excluding tert-OH is 1. The van der Waals surface area contributed by atoms with E-state index in [2.05, 4.69) is 6.92 Å². The number of rotatable bonds is 4. The van der Waals surface area contributed by atoms with E-state index < -0.39 is 0 Å². The van der Waals surface area contributed by atoms with Crippen LogP contribution in [0.3, 0.4) is 0 Å². The zero-order chi connectivity index (χ0) is 14.7. The normalized spacial score (nSPS) is 22.1. The first-order chi connectivity index (χ1) is 9.52. The monoisotopic (exact) mass is 277 g/mol. The summed E-state index contributed by atoms with van der Waals surface area (Å²) in [6, 6.07) is 5.89. The zero-order valence-corrected chi connectivity index (χ0v) is 12.4. The number of ether oxygens (including phenoxy) is 1. The Morgan fingerprint density at radius 1 is 1.45 bits per heavy atom. The Bertz CT molecular complexity index is 487. The first-order valence-electron chi connectivity index (χ1n) is 7.13. The van der Waals surface area contributed by atoms with Crippen LogP contribution in [-0.2, 0) is 4.79 Å². The van der Waals surface area contributed by atoms with Crippen LogP contribution in [0.25, 0.3) is 0 Å². The van der Waals surface area contributed by atoms with Gasteiger partial charge in [0.25, 0.3) is 5.91 Å². The number of nitrogens with zero attached hydrogens (tertiary/aromatic N) is 1. The van der Waals surface area contributed by atoms with Gasteiger partial charge < -0.3 is 14.7 Å². The van der Waals surface area contributed by atoms with Crippen LogP contribution >= 0.6 is 0 Å². The number of aryl methyl sites for hydroxylation is 2. The third kappa shape index (κ3) is 3.12. The molecule has 0 radical (unpaired) electrons. The topological polar surface area (TPSA) is 49.8 Å². The molecule has 2 rings (SSSR count). The lowest BCUT2D eigenvalue weighted by atomic mass is 10.0. The number of carbonyl (C=O) groups excluding carboxylic acids is 1. The van der Waals surface area contributed by atoms with E-state index in [4.69, 9.17) is 4.74 Å². The number of aliphatic hydroxyl groups is 1. The van der Waals surface area contributed by atoms with E-state index in [-0.39, 0.29) is 25.2 Å². The summed E-state index contributed by atoms with van der Waals surface area (Å²) in [5.74, 6) is 1.06. The van der Waals surface area contributed by atoms with Crippen molar-refractivity contribution in [2.24, 2.45) is 5.92 Å². The molecular weight excluding hydrogens is 254 g/mol. The van der Waals surface area contributed by atoms with E-state index in [1.807, 2.05) is 32.0 Å². The Balaban J connectivity index is 1.97. The van der Waals surface area contributed by atoms with E-state index in [0.717, 1.165) is 23.3 Å². The molecule has 1 aromatic carbocycles. The number of amides is 1. The lowest BCUT2D eigenvalue weighted by Crippen LogP contribution is -2.42. The molecule has 0 saturated carbocycles. The SMILES string of the molecule is Cc1ccc(C)c(OCC(=O)N2CCC(C)C2CO)c1. The summed E-state index contributed by atoms with van der Waals surface area (Å²) in [6.45, 7) is 6.80. The van der Waals surface area contributed by atoms with Crippen LogP contribution in [0.1, 0.15) is 24.5 Å². The van der Waals surface area contributed by atoms with Gasteiger partial charge >= 0.3 is 0 Å². The van der Waals surface area contributed by atoms with Crippen molar-refractivity contribution in [1.29, 1.82) is 0 Å². The highest BCUT2D eigenvalue weighted by atomic mass is 16.5. The van der Waals surface area contributed by atoms with Gasteiger partial charge in [0.15, 0.2) is 6.61 Å². The van der Waals surface area contributed by atoms with Crippen molar-refractivity contribution in [2.45, 2.75) is 33.2 Å². The third-order valence-corrected chi connectivity index (χ3v) is 4.08. The molecule has 4 nitrogen and oxygen atoms in total. The maximum Gasteiger partial charge on any atom is 0.260 e. The lowest BCUT2D eigenvalue weighted by Gasteiger charge is -2.25. The minimum Gasteiger partial charge on any atom is -0.483 e. The minimum atomic E-state index is -0.0651. The molecule has 110 valence electrons. The third-order valence-electron chi connectivity index (χ3n) is 4.08. The van der Waals surface area contributed by atoms with Crippen molar-refractivity contribution < 1.29 is 14.6 Å². The molecule has 20 heavy (non-hydrogen) atoms. The molecule has 1 aliphatic heterocycles. The Morgan fingerprint density at radius 3 is 2.90 bits per heavy atom. The van der Waals surface area contributed by atoms with E-state index in [0.29, 0.717) is 12.5 Å². The number of benzene rings is 1. The van der Waals surface area contributed by atoms with Crippen LogP contribution in [0.15, 0.2) is 18.2 Å². The van der Waals surface area contributed by atoms with Gasteiger partial charge in [-0.1, -0.05) is 19.1 Å². The molecule has 0 spiro atoms. The largest absolute Gasteiger partial charge is 0.483 e. The number of carbonyl (C=O) groups is 1. The summed E-state index contributed by atoms with van der Waals surface area (Å²) >= 11 is 0. The van der Waals surface area contributed by atoms with E-state index >= 15 is 0 Å². The van der Waals surface area contributed by atoms with Crippen molar-refractivity contribution in [3.8, 4) is 5.75 Å². The molecule has 0 aromatic heterocycles. The second-order valence-corrected chi connectivity index (χ2v) is 5.66. The number of hydrogen-bond donors (Lipinski definition) is 1. The Labute approximate surface area is 120 Å². The molecular formula is C16H23NO3. The molecule has 1 N–H and O–H groups in total. The van der Waals surface area contributed by atoms with Crippen molar-refractivity contribution in [1.82, 2.24) is 4.90 Å². The van der Waals surface area contributed by atoms with E-state index in [1.54, 1.807) is 4.90 Å². The summed E-state index contributed by atoms with van der Waals surface area (Å²) in [7, 11) is 0. The molecule has 0 bridgehead atoms. The molecule has 1 aromatic rings. The van der Waals surface area contributed by atoms with Crippen LogP contribution in [0.2, 0.25) is 0 Å². The predicted octanol–water partition coefficient (Wildman–Crippen LogP) is 1.91. The van der Waals surface area contributed by atoms with Crippen molar-refractivity contribution >= 4 is 5.91 Å². The molecule has 0 aliphatic carbocycles. The van der Waals surface area contributed by atoms with Crippen LogP contribution in [0.5, 0.6) is 5.75 Å². The first-order valence-corrected chi connectivity index (χ1v) is 7.13. The van der Waals surface area contributed by atoms with Gasteiger partial charge in [0.2, 0.25) is 0 Å². The second-order valence-electron chi connectivity index (χ2n) is 5.66. The highest BCUT2D eigenvalue weighted by molar-refractivity contribution is 5.78. The van der Waals surface area contributed by atoms with Crippen LogP contribution in [-0.4, -0.2) is 41.7 Å². The first kappa shape index (κ1) is 14.9. The van der Waals surface area contributed by atoms with Gasteiger partial charge in [-0.25, -0.2) is 0 Å². The summed E-state index contributed by atoms with van der Waals surface area (Å²) in [4.78, 5) is 14.0. The summed E-state index contributed by atoms with van der Waals surface area (Å²) in [5.41, 5.74) is 2.14. The molecule has 2 unspecified atom stereocenters.